The van der Waals surface area contributed by atoms with Crippen molar-refractivity contribution in [1.29, 1.82) is 0 Å². The first kappa shape index (κ1) is 48.9. The van der Waals surface area contributed by atoms with E-state index in [0.717, 1.165) is 34.2 Å². The lowest BCUT2D eigenvalue weighted by Crippen LogP contribution is -2.60. The van der Waals surface area contributed by atoms with Crippen LogP contribution in [0.5, 0.6) is 5.75 Å². The van der Waals surface area contributed by atoms with Crippen LogP contribution in [-0.2, 0) is 70.8 Å². The number of aryl methyl sites for hydroxylation is 1. The molecule has 11 heteroatoms. The highest BCUT2D eigenvalue weighted by molar-refractivity contribution is 5.82. The van der Waals surface area contributed by atoms with Gasteiger partial charge in [0.05, 0.1) is 44.7 Å². The normalized spacial score (nSPS) is 19.9. The third-order valence-electron chi connectivity index (χ3n) is 11.0. The number of amides is 1. The van der Waals surface area contributed by atoms with Crippen molar-refractivity contribution in [3.63, 3.8) is 0 Å². The van der Waals surface area contributed by atoms with Crippen LogP contribution in [0.4, 0.5) is 4.79 Å². The van der Waals surface area contributed by atoms with Crippen LogP contribution in [0.15, 0.2) is 146 Å². The molecule has 1 heterocycles. The molecule has 0 aliphatic carbocycles. The van der Waals surface area contributed by atoms with Crippen LogP contribution in [0.1, 0.15) is 75.8 Å². The summed E-state index contributed by atoms with van der Waals surface area (Å²) in [7, 11) is 0. The molecule has 1 saturated heterocycles. The first-order valence-corrected chi connectivity index (χ1v) is 22.6. The Bertz CT molecular complexity index is 2150. The van der Waals surface area contributed by atoms with E-state index in [2.05, 4.69) is 12.2 Å². The third kappa shape index (κ3) is 15.5. The molecule has 0 aromatic heterocycles. The highest BCUT2D eigenvalue weighted by Gasteiger charge is 2.48. The van der Waals surface area contributed by atoms with Crippen LogP contribution < -0.4 is 10.1 Å². The van der Waals surface area contributed by atoms with Gasteiger partial charge >= 0.3 is 12.1 Å². The Morgan fingerprint density at radius 2 is 1.12 bits per heavy atom. The van der Waals surface area contributed by atoms with E-state index in [1.165, 1.54) is 0 Å². The van der Waals surface area contributed by atoms with Crippen LogP contribution in [0.2, 0.25) is 0 Å². The number of benzene rings is 5. The molecule has 1 fully saturated rings. The number of carbonyl (C=O) groups excluding carboxylic acids is 2. The summed E-state index contributed by atoms with van der Waals surface area (Å²) in [5.41, 5.74) is 4.12. The van der Waals surface area contributed by atoms with Gasteiger partial charge in [0.15, 0.2) is 6.04 Å². The SMILES string of the molecule is CCc1ccccc1OC(COC(=O)[C@@H](NC(=O)OC(C)(C)C)[C@@H](C)OCc1ccccc1)C[C@@H]1O[C@@H](C)[C@@H](OCc2ccccc2)[C@@H](OCc2ccccc2)[C@@H]1OCc1ccccc1. The van der Waals surface area contributed by atoms with Gasteiger partial charge in [0.2, 0.25) is 0 Å². The lowest BCUT2D eigenvalue weighted by Gasteiger charge is -2.46. The number of esters is 1. The number of carbonyl (C=O) groups is 2. The minimum atomic E-state index is -1.21. The van der Waals surface area contributed by atoms with Crippen LogP contribution in [0, 0.1) is 0 Å². The number of ether oxygens (including phenoxy) is 8. The molecule has 346 valence electrons. The summed E-state index contributed by atoms with van der Waals surface area (Å²) in [5, 5.41) is 2.71. The molecule has 0 radical (unpaired) electrons. The van der Waals surface area contributed by atoms with Gasteiger partial charge in [0, 0.05) is 6.42 Å². The second kappa shape index (κ2) is 24.7. The van der Waals surface area contributed by atoms with E-state index in [0.29, 0.717) is 19.0 Å². The average Bonchev–Trinajstić information content (AvgIpc) is 3.31. The molecule has 5 aromatic carbocycles. The summed E-state index contributed by atoms with van der Waals surface area (Å²) in [6.45, 7) is 12.0. The third-order valence-corrected chi connectivity index (χ3v) is 11.0. The highest BCUT2D eigenvalue weighted by Crippen LogP contribution is 2.33. The van der Waals surface area contributed by atoms with Crippen LogP contribution in [0.25, 0.3) is 0 Å². The Hall–Kier alpha value is -5.56. The van der Waals surface area contributed by atoms with Crippen molar-refractivity contribution in [3.05, 3.63) is 173 Å². The first-order chi connectivity index (χ1) is 31.5. The number of hydrogen-bond donors (Lipinski definition) is 1. The minimum absolute atomic E-state index is 0.183. The van der Waals surface area contributed by atoms with Gasteiger partial charge in [-0.15, -0.1) is 0 Å². The monoisotopic (exact) mass is 887 g/mol. The molecule has 11 nitrogen and oxygen atoms in total. The Balaban J connectivity index is 1.29. The number of alkyl carbamates (subject to hydrolysis) is 1. The Morgan fingerprint density at radius 3 is 1.65 bits per heavy atom. The molecule has 5 aromatic rings. The van der Waals surface area contributed by atoms with Crippen molar-refractivity contribution in [2.24, 2.45) is 0 Å². The number of para-hydroxylation sites is 1. The molecule has 0 spiro atoms. The van der Waals surface area contributed by atoms with Gasteiger partial charge in [0.1, 0.15) is 42.4 Å². The molecule has 1 aliphatic rings. The predicted octanol–water partition coefficient (Wildman–Crippen LogP) is 9.97. The Morgan fingerprint density at radius 1 is 0.646 bits per heavy atom. The summed E-state index contributed by atoms with van der Waals surface area (Å²) < 4.78 is 52.0. The van der Waals surface area contributed by atoms with Gasteiger partial charge in [-0.1, -0.05) is 146 Å². The van der Waals surface area contributed by atoms with Gasteiger partial charge < -0.3 is 43.2 Å². The van der Waals surface area contributed by atoms with Crippen molar-refractivity contribution in [1.82, 2.24) is 5.32 Å². The van der Waals surface area contributed by atoms with Gasteiger partial charge in [-0.05, 0) is 74.9 Å². The molecule has 65 heavy (non-hydrogen) atoms. The zero-order valence-electron chi connectivity index (χ0n) is 38.5. The smallest absolute Gasteiger partial charge is 0.408 e. The van der Waals surface area contributed by atoms with E-state index in [1.54, 1.807) is 27.7 Å². The molecule has 6 rings (SSSR count). The topological polar surface area (TPSA) is 120 Å². The van der Waals surface area contributed by atoms with E-state index < -0.39 is 66.4 Å². The number of nitrogens with one attached hydrogen (secondary N) is 1. The molecular formula is C54H65NO10. The molecule has 8 atom stereocenters. The van der Waals surface area contributed by atoms with E-state index in [4.69, 9.17) is 37.9 Å². The van der Waals surface area contributed by atoms with Crippen LogP contribution >= 0.6 is 0 Å². The van der Waals surface area contributed by atoms with E-state index >= 15 is 0 Å². The standard InChI is InChI=1S/C54H65NO10/c1-7-44-30-20-21-31-46(44)64-45(37-62-52(56)48(55-53(57)65-54(4,5)6)38(2)58-33-40-22-12-8-13-23-40)32-47-50(60-35-42-26-16-10-17-27-42)51(61-36-43-28-18-11-19-29-43)49(39(3)63-47)59-34-41-24-14-9-15-25-41/h8-31,38-39,45,47-51H,7,32-37H2,1-6H3,(H,55,57)/t38-,39+,45?,47+,48+,49-,50-,51-/m1/s1. The molecule has 0 saturated carbocycles. The number of rotatable bonds is 22. The van der Waals surface area contributed by atoms with Gasteiger partial charge in [0.25, 0.3) is 0 Å². The average molecular weight is 888 g/mol. The Kier molecular flexibility index (Phi) is 18.5. The molecule has 1 amide bonds. The summed E-state index contributed by atoms with van der Waals surface area (Å²) in [6.07, 6.45) is -4.09. The summed E-state index contributed by atoms with van der Waals surface area (Å²) in [5.74, 6) is -0.0485. The maximum absolute atomic E-state index is 14.2. The molecule has 1 aliphatic heterocycles. The second-order valence-electron chi connectivity index (χ2n) is 17.4. The maximum Gasteiger partial charge on any atom is 0.408 e. The van der Waals surface area contributed by atoms with Crippen molar-refractivity contribution in [3.8, 4) is 5.75 Å². The van der Waals surface area contributed by atoms with Crippen molar-refractivity contribution < 1.29 is 47.5 Å². The summed E-state index contributed by atoms with van der Waals surface area (Å²) >= 11 is 0. The quantitative estimate of drug-likeness (QED) is 0.0673. The maximum atomic E-state index is 14.2. The fraction of sp³-hybridized carbons (Fsp3) is 0.407. The van der Waals surface area contributed by atoms with Crippen LogP contribution in [0.3, 0.4) is 0 Å². The minimum Gasteiger partial charge on any atom is -0.486 e. The van der Waals surface area contributed by atoms with Crippen molar-refractivity contribution in [2.75, 3.05) is 6.61 Å². The van der Waals surface area contributed by atoms with Crippen molar-refractivity contribution in [2.45, 2.75) is 135 Å². The van der Waals surface area contributed by atoms with E-state index in [1.807, 2.05) is 153 Å². The number of hydrogen-bond acceptors (Lipinski definition) is 10. The zero-order chi connectivity index (χ0) is 46.0. The summed E-state index contributed by atoms with van der Waals surface area (Å²) in [6, 6.07) is 46.2. The van der Waals surface area contributed by atoms with Gasteiger partial charge in [-0.25, -0.2) is 9.59 Å². The van der Waals surface area contributed by atoms with Gasteiger partial charge in [-0.3, -0.25) is 0 Å². The zero-order valence-corrected chi connectivity index (χ0v) is 38.5. The molecule has 1 N–H and O–H groups in total. The van der Waals surface area contributed by atoms with Crippen LogP contribution in [-0.4, -0.2) is 73.0 Å². The largest absolute Gasteiger partial charge is 0.486 e. The van der Waals surface area contributed by atoms with E-state index in [-0.39, 0.29) is 26.2 Å². The second-order valence-corrected chi connectivity index (χ2v) is 17.4. The lowest BCUT2D eigenvalue weighted by molar-refractivity contribution is -0.265. The highest BCUT2D eigenvalue weighted by atomic mass is 16.6. The van der Waals surface area contributed by atoms with Gasteiger partial charge in [-0.2, -0.15) is 0 Å². The Labute approximate surface area is 384 Å². The molecular weight excluding hydrogens is 823 g/mol. The van der Waals surface area contributed by atoms with Crippen molar-refractivity contribution >= 4 is 12.1 Å². The molecule has 0 bridgehead atoms. The first-order valence-electron chi connectivity index (χ1n) is 22.6. The lowest BCUT2D eigenvalue weighted by atomic mass is 9.91. The predicted molar refractivity (Wildman–Crippen MR) is 249 cm³/mol. The summed E-state index contributed by atoms with van der Waals surface area (Å²) in [4.78, 5) is 27.4. The fourth-order valence-electron chi connectivity index (χ4n) is 7.67. The fourth-order valence-corrected chi connectivity index (χ4v) is 7.67. The molecule has 1 unspecified atom stereocenters. The van der Waals surface area contributed by atoms with E-state index in [9.17, 15) is 9.59 Å².